The van der Waals surface area contributed by atoms with E-state index in [1.54, 1.807) is 0 Å². The predicted molar refractivity (Wildman–Crippen MR) is 288 cm³/mol. The van der Waals surface area contributed by atoms with Crippen molar-refractivity contribution in [2.24, 2.45) is 0 Å². The molecule has 0 fully saturated rings. The summed E-state index contributed by atoms with van der Waals surface area (Å²) in [6, 6.07) is 71.5. The molecule has 0 saturated heterocycles. The van der Waals surface area contributed by atoms with Gasteiger partial charge in [-0.05, 0) is 140 Å². The molecule has 0 spiro atoms. The fourth-order valence-corrected chi connectivity index (χ4v) is 10.0. The molecule has 1 N–H and O–H groups in total. The zero-order valence-electron chi connectivity index (χ0n) is 39.5. The number of fused-ring (bicyclic) bond motifs is 5. The monoisotopic (exact) mass is 866 g/mol. The molecule has 326 valence electrons. The first-order valence-electron chi connectivity index (χ1n) is 23.6. The number of anilines is 5. The number of hydrogen-bond donors (Lipinski definition) is 1. The Hall–Kier alpha value is -7.56. The molecule has 0 saturated carbocycles. The molecule has 3 nitrogen and oxygen atoms in total. The van der Waals surface area contributed by atoms with Gasteiger partial charge >= 0.3 is 0 Å². The Morgan fingerprint density at radius 1 is 0.433 bits per heavy atom. The summed E-state index contributed by atoms with van der Waals surface area (Å²) in [7, 11) is 0.716. The SMILES string of the molecule is Cc1ccccc1-c1cc(-c2cc(-c3ccccc3)ccc2Nc2ccc(C(C)(C)C)cc2)c2c(c1)N(c1ccc(C(C)(C)C)cc1-c1ccccc1)c1cc3c(cc1B2)oc1ccccc13. The average molecular weight is 867 g/mol. The number of furan rings is 1. The van der Waals surface area contributed by atoms with E-state index in [0.29, 0.717) is 7.28 Å². The van der Waals surface area contributed by atoms with Crippen molar-refractivity contribution in [2.45, 2.75) is 59.3 Å². The molecule has 0 unspecified atom stereocenters. The average Bonchev–Trinajstić information content (AvgIpc) is 3.70. The maximum atomic E-state index is 6.65. The minimum atomic E-state index is -0.0486. The highest BCUT2D eigenvalue weighted by molar-refractivity contribution is 6.73. The van der Waals surface area contributed by atoms with Crippen molar-refractivity contribution in [1.29, 1.82) is 0 Å². The lowest BCUT2D eigenvalue weighted by molar-refractivity contribution is 0.590. The van der Waals surface area contributed by atoms with Crippen LogP contribution in [0.2, 0.25) is 0 Å². The second kappa shape index (κ2) is 16.4. The van der Waals surface area contributed by atoms with Crippen LogP contribution in [-0.2, 0) is 10.8 Å². The molecule has 2 heterocycles. The lowest BCUT2D eigenvalue weighted by atomic mass is 9.57. The van der Waals surface area contributed by atoms with E-state index < -0.39 is 0 Å². The van der Waals surface area contributed by atoms with Crippen molar-refractivity contribution in [3.05, 3.63) is 211 Å². The summed E-state index contributed by atoms with van der Waals surface area (Å²) >= 11 is 0. The largest absolute Gasteiger partial charge is 0.456 e. The number of hydrogen-bond acceptors (Lipinski definition) is 3. The minimum absolute atomic E-state index is 0.0486. The van der Waals surface area contributed by atoms with Crippen molar-refractivity contribution < 1.29 is 4.42 Å². The van der Waals surface area contributed by atoms with Gasteiger partial charge in [0.05, 0.1) is 5.69 Å². The molecule has 11 rings (SSSR count). The topological polar surface area (TPSA) is 28.4 Å². The lowest BCUT2D eigenvalue weighted by Crippen LogP contribution is -2.41. The van der Waals surface area contributed by atoms with E-state index in [4.69, 9.17) is 4.42 Å². The van der Waals surface area contributed by atoms with E-state index in [1.165, 1.54) is 72.2 Å². The summed E-state index contributed by atoms with van der Waals surface area (Å²) in [5.74, 6) is 0. The first-order valence-corrected chi connectivity index (χ1v) is 23.6. The number of benzene rings is 9. The smallest absolute Gasteiger partial charge is 0.198 e. The molecule has 1 aliphatic rings. The van der Waals surface area contributed by atoms with Crippen LogP contribution in [0.5, 0.6) is 0 Å². The molecule has 1 aliphatic heterocycles. The predicted octanol–water partition coefficient (Wildman–Crippen LogP) is 16.1. The lowest BCUT2D eigenvalue weighted by Gasteiger charge is -2.37. The molecule has 0 atom stereocenters. The van der Waals surface area contributed by atoms with Gasteiger partial charge in [0, 0.05) is 44.6 Å². The number of nitrogens with one attached hydrogen (secondary N) is 1. The maximum Gasteiger partial charge on any atom is 0.198 e. The molecule has 0 aliphatic carbocycles. The highest BCUT2D eigenvalue weighted by atomic mass is 16.3. The van der Waals surface area contributed by atoms with Crippen molar-refractivity contribution in [3.8, 4) is 44.5 Å². The van der Waals surface area contributed by atoms with Gasteiger partial charge in [-0.15, -0.1) is 0 Å². The molecule has 0 radical (unpaired) electrons. The maximum absolute atomic E-state index is 6.65. The third-order valence-corrected chi connectivity index (χ3v) is 13.7. The number of para-hydroxylation sites is 1. The highest BCUT2D eigenvalue weighted by Gasteiger charge is 2.32. The Bertz CT molecular complexity index is 3480. The summed E-state index contributed by atoms with van der Waals surface area (Å²) in [5, 5.41) is 6.17. The van der Waals surface area contributed by atoms with Crippen LogP contribution in [0.15, 0.2) is 199 Å². The molecule has 4 heteroatoms. The zero-order valence-corrected chi connectivity index (χ0v) is 39.5. The summed E-state index contributed by atoms with van der Waals surface area (Å²) in [6.45, 7) is 15.9. The van der Waals surface area contributed by atoms with E-state index in [9.17, 15) is 0 Å². The van der Waals surface area contributed by atoms with Crippen LogP contribution >= 0.6 is 0 Å². The molecular weight excluding hydrogens is 812 g/mol. The van der Waals surface area contributed by atoms with Gasteiger partial charge in [-0.25, -0.2) is 0 Å². The van der Waals surface area contributed by atoms with E-state index in [2.05, 4.69) is 253 Å². The second-order valence-electron chi connectivity index (χ2n) is 20.4. The Balaban J connectivity index is 1.23. The van der Waals surface area contributed by atoms with Gasteiger partial charge in [0.25, 0.3) is 0 Å². The van der Waals surface area contributed by atoms with E-state index in [0.717, 1.165) is 50.3 Å². The van der Waals surface area contributed by atoms with Crippen molar-refractivity contribution in [2.75, 3.05) is 10.2 Å². The molecule has 67 heavy (non-hydrogen) atoms. The third kappa shape index (κ3) is 7.81. The first kappa shape index (κ1) is 42.1. The number of rotatable bonds is 7. The van der Waals surface area contributed by atoms with Gasteiger partial charge in [-0.1, -0.05) is 174 Å². The molecule has 9 aromatic carbocycles. The standard InChI is InChI=1S/C63H55BN2O/c1-40-18-14-15-23-48(40)44-35-53(51-34-43(41-19-10-8-11-20-41)26-32-55(51)65-47-30-27-45(28-31-47)62(2,3)4)61-58(36-44)66(56-33-29-46(63(5,6)7)37-50(56)42-21-12-9-13-22-42)57-38-52-49-24-16-17-25-59(49)67-60(52)39-54(57)64-61/h8-39,64-65H,1-7H3. The van der Waals surface area contributed by atoms with Crippen LogP contribution < -0.4 is 21.1 Å². The summed E-state index contributed by atoms with van der Waals surface area (Å²) < 4.78 is 6.65. The van der Waals surface area contributed by atoms with Crippen LogP contribution in [0, 0.1) is 6.92 Å². The molecule has 0 bridgehead atoms. The first-order chi connectivity index (χ1) is 32.4. The number of nitrogens with zero attached hydrogens (tertiary/aromatic N) is 1. The fourth-order valence-electron chi connectivity index (χ4n) is 10.0. The van der Waals surface area contributed by atoms with E-state index in [-0.39, 0.29) is 10.8 Å². The van der Waals surface area contributed by atoms with Gasteiger partial charge in [0.1, 0.15) is 11.2 Å². The Labute approximate surface area is 396 Å². The van der Waals surface area contributed by atoms with Crippen molar-refractivity contribution in [1.82, 2.24) is 0 Å². The van der Waals surface area contributed by atoms with Gasteiger partial charge in [-0.3, -0.25) is 0 Å². The zero-order chi connectivity index (χ0) is 46.0. The summed E-state index contributed by atoms with van der Waals surface area (Å²) in [5.41, 5.74) is 23.1. The van der Waals surface area contributed by atoms with Gasteiger partial charge < -0.3 is 14.6 Å². The van der Waals surface area contributed by atoms with Crippen molar-refractivity contribution in [3.63, 3.8) is 0 Å². The molecule has 1 aromatic heterocycles. The Kier molecular flexibility index (Phi) is 10.3. The van der Waals surface area contributed by atoms with E-state index in [1.807, 2.05) is 0 Å². The highest BCUT2D eigenvalue weighted by Crippen LogP contribution is 2.47. The Morgan fingerprint density at radius 2 is 1.09 bits per heavy atom. The van der Waals surface area contributed by atoms with Crippen molar-refractivity contribution >= 4 is 68.6 Å². The normalized spacial score (nSPS) is 12.5. The molecule has 10 aromatic rings. The van der Waals surface area contributed by atoms with Crippen LogP contribution in [0.25, 0.3) is 66.4 Å². The third-order valence-electron chi connectivity index (χ3n) is 13.7. The van der Waals surface area contributed by atoms with Gasteiger partial charge in [0.15, 0.2) is 7.28 Å². The summed E-state index contributed by atoms with van der Waals surface area (Å²) in [6.07, 6.45) is 0. The van der Waals surface area contributed by atoms with Gasteiger partial charge in [-0.2, -0.15) is 0 Å². The minimum Gasteiger partial charge on any atom is -0.456 e. The van der Waals surface area contributed by atoms with Crippen LogP contribution in [0.4, 0.5) is 28.4 Å². The van der Waals surface area contributed by atoms with Crippen LogP contribution in [0.1, 0.15) is 58.2 Å². The van der Waals surface area contributed by atoms with Gasteiger partial charge in [0.2, 0.25) is 0 Å². The quantitative estimate of drug-likeness (QED) is 0.162. The van der Waals surface area contributed by atoms with Crippen LogP contribution in [-0.4, -0.2) is 7.28 Å². The number of aryl methyl sites for hydroxylation is 1. The van der Waals surface area contributed by atoms with E-state index >= 15 is 0 Å². The van der Waals surface area contributed by atoms with Crippen LogP contribution in [0.3, 0.4) is 0 Å². The molecule has 0 amide bonds. The Morgan fingerprint density at radius 3 is 1.82 bits per heavy atom. The fraction of sp³-hybridized carbons (Fsp3) is 0.143. The second-order valence-corrected chi connectivity index (χ2v) is 20.4. The molecular formula is C63H55BN2O. The summed E-state index contributed by atoms with van der Waals surface area (Å²) in [4.78, 5) is 2.56.